The Morgan fingerprint density at radius 1 is 1.24 bits per heavy atom. The van der Waals surface area contributed by atoms with Crippen molar-refractivity contribution in [3.8, 4) is 16.9 Å². The summed E-state index contributed by atoms with van der Waals surface area (Å²) in [6, 6.07) is 4.09. The minimum Gasteiger partial charge on any atom is -0.496 e. The summed E-state index contributed by atoms with van der Waals surface area (Å²) >= 11 is 0. The van der Waals surface area contributed by atoms with Gasteiger partial charge in [-0.3, -0.25) is 4.68 Å². The minimum absolute atomic E-state index is 0.666. The molecule has 4 heteroatoms. The summed E-state index contributed by atoms with van der Waals surface area (Å²) in [6.07, 6.45) is 1.78. The summed E-state index contributed by atoms with van der Waals surface area (Å²) in [5.41, 5.74) is 10.2. The summed E-state index contributed by atoms with van der Waals surface area (Å²) < 4.78 is 7.08. The van der Waals surface area contributed by atoms with Crippen LogP contribution in [0.15, 0.2) is 18.3 Å². The van der Waals surface area contributed by atoms with Crippen molar-refractivity contribution in [2.45, 2.75) is 13.8 Å². The predicted molar refractivity (Wildman–Crippen MR) is 69.1 cm³/mol. The van der Waals surface area contributed by atoms with Crippen molar-refractivity contribution in [1.82, 2.24) is 9.78 Å². The van der Waals surface area contributed by atoms with Crippen LogP contribution in [0, 0.1) is 13.8 Å². The highest BCUT2D eigenvalue weighted by Gasteiger charge is 2.13. The molecule has 4 nitrogen and oxygen atoms in total. The molecule has 1 aromatic heterocycles. The van der Waals surface area contributed by atoms with Crippen molar-refractivity contribution < 1.29 is 4.74 Å². The Bertz CT molecular complexity index is 558. The smallest absolute Gasteiger partial charge is 0.129 e. The molecular formula is C13H17N3O. The zero-order valence-electron chi connectivity index (χ0n) is 10.6. The number of aryl methyl sites for hydroxylation is 2. The second-order valence-electron chi connectivity index (χ2n) is 4.16. The number of benzene rings is 1. The monoisotopic (exact) mass is 231 g/mol. The van der Waals surface area contributed by atoms with Crippen molar-refractivity contribution in [3.63, 3.8) is 0 Å². The molecule has 0 atom stereocenters. The summed E-state index contributed by atoms with van der Waals surface area (Å²) in [4.78, 5) is 0. The molecule has 0 fully saturated rings. The Morgan fingerprint density at radius 3 is 2.47 bits per heavy atom. The fourth-order valence-corrected chi connectivity index (χ4v) is 2.09. The second kappa shape index (κ2) is 4.13. The standard InChI is InChI=1S/C13H17N3O/c1-8-5-6-10(9(2)12(8)17-4)11-7-15-16(3)13(11)14/h5-7H,14H2,1-4H3. The summed E-state index contributed by atoms with van der Waals surface area (Å²) in [6.45, 7) is 4.07. The van der Waals surface area contributed by atoms with Gasteiger partial charge in [-0.25, -0.2) is 0 Å². The van der Waals surface area contributed by atoms with E-state index < -0.39 is 0 Å². The van der Waals surface area contributed by atoms with Crippen molar-refractivity contribution in [3.05, 3.63) is 29.5 Å². The number of hydrogen-bond acceptors (Lipinski definition) is 3. The molecule has 2 N–H and O–H groups in total. The largest absolute Gasteiger partial charge is 0.496 e. The predicted octanol–water partition coefficient (Wildman–Crippen LogP) is 2.29. The number of nitrogens with zero attached hydrogens (tertiary/aromatic N) is 2. The molecule has 2 rings (SSSR count). The van der Waals surface area contributed by atoms with E-state index in [2.05, 4.69) is 11.2 Å². The molecule has 0 aliphatic rings. The van der Waals surface area contributed by atoms with Gasteiger partial charge in [0.2, 0.25) is 0 Å². The fourth-order valence-electron chi connectivity index (χ4n) is 2.09. The molecule has 0 bridgehead atoms. The molecular weight excluding hydrogens is 214 g/mol. The molecule has 0 unspecified atom stereocenters. The van der Waals surface area contributed by atoms with Gasteiger partial charge < -0.3 is 10.5 Å². The van der Waals surface area contributed by atoms with Crippen LogP contribution in [0.1, 0.15) is 11.1 Å². The Balaban J connectivity index is 2.65. The first kappa shape index (κ1) is 11.5. The average Bonchev–Trinajstić information content (AvgIpc) is 2.61. The maximum absolute atomic E-state index is 5.99. The first-order valence-electron chi connectivity index (χ1n) is 5.48. The Kier molecular flexibility index (Phi) is 2.79. The van der Waals surface area contributed by atoms with E-state index in [-0.39, 0.29) is 0 Å². The molecule has 90 valence electrons. The molecule has 0 radical (unpaired) electrons. The number of rotatable bonds is 2. The molecule has 0 saturated carbocycles. The van der Waals surface area contributed by atoms with Crippen LogP contribution in [0.4, 0.5) is 5.82 Å². The maximum atomic E-state index is 5.99. The molecule has 0 spiro atoms. The maximum Gasteiger partial charge on any atom is 0.129 e. The summed E-state index contributed by atoms with van der Waals surface area (Å²) in [5, 5.41) is 4.16. The van der Waals surface area contributed by atoms with E-state index in [4.69, 9.17) is 10.5 Å². The lowest BCUT2D eigenvalue weighted by Gasteiger charge is -2.12. The van der Waals surface area contributed by atoms with Gasteiger partial charge in [0.05, 0.1) is 13.3 Å². The molecule has 0 aliphatic carbocycles. The summed E-state index contributed by atoms with van der Waals surface area (Å²) in [5.74, 6) is 1.57. The molecule has 1 heterocycles. The Hall–Kier alpha value is -1.97. The molecule has 17 heavy (non-hydrogen) atoms. The SMILES string of the molecule is COc1c(C)ccc(-c2cnn(C)c2N)c1C. The highest BCUT2D eigenvalue weighted by molar-refractivity contribution is 5.78. The Morgan fingerprint density at radius 2 is 1.94 bits per heavy atom. The zero-order valence-corrected chi connectivity index (χ0v) is 10.6. The van der Waals surface area contributed by atoms with Gasteiger partial charge in [0.1, 0.15) is 11.6 Å². The van der Waals surface area contributed by atoms with E-state index in [1.807, 2.05) is 27.0 Å². The molecule has 1 aromatic carbocycles. The number of hydrogen-bond donors (Lipinski definition) is 1. The third-order valence-electron chi connectivity index (χ3n) is 3.08. The van der Waals surface area contributed by atoms with Crippen LogP contribution in [0.2, 0.25) is 0 Å². The molecule has 2 aromatic rings. The number of ether oxygens (including phenoxy) is 1. The van der Waals surface area contributed by atoms with Crippen molar-refractivity contribution in [2.24, 2.45) is 7.05 Å². The fraction of sp³-hybridized carbons (Fsp3) is 0.308. The van der Waals surface area contributed by atoms with Crippen LogP contribution < -0.4 is 10.5 Å². The van der Waals surface area contributed by atoms with E-state index in [0.29, 0.717) is 5.82 Å². The first-order valence-corrected chi connectivity index (χ1v) is 5.48. The van der Waals surface area contributed by atoms with Gasteiger partial charge >= 0.3 is 0 Å². The van der Waals surface area contributed by atoms with Crippen LogP contribution in [0.25, 0.3) is 11.1 Å². The second-order valence-corrected chi connectivity index (χ2v) is 4.16. The van der Waals surface area contributed by atoms with Crippen LogP contribution >= 0.6 is 0 Å². The van der Waals surface area contributed by atoms with Gasteiger partial charge in [-0.05, 0) is 30.5 Å². The number of methoxy groups -OCH3 is 1. The lowest BCUT2D eigenvalue weighted by Crippen LogP contribution is -1.99. The Labute approximate surface area is 101 Å². The topological polar surface area (TPSA) is 53.1 Å². The van der Waals surface area contributed by atoms with E-state index >= 15 is 0 Å². The van der Waals surface area contributed by atoms with Gasteiger partial charge in [0.25, 0.3) is 0 Å². The van der Waals surface area contributed by atoms with Gasteiger partial charge in [-0.15, -0.1) is 0 Å². The normalized spacial score (nSPS) is 10.6. The number of nitrogen functional groups attached to an aromatic ring is 1. The van der Waals surface area contributed by atoms with Gasteiger partial charge in [0.15, 0.2) is 0 Å². The molecule has 0 saturated heterocycles. The first-order chi connectivity index (χ1) is 8.06. The van der Waals surface area contributed by atoms with Crippen molar-refractivity contribution in [1.29, 1.82) is 0 Å². The number of anilines is 1. The number of nitrogens with two attached hydrogens (primary N) is 1. The quantitative estimate of drug-likeness (QED) is 0.862. The van der Waals surface area contributed by atoms with Crippen molar-refractivity contribution in [2.75, 3.05) is 12.8 Å². The van der Waals surface area contributed by atoms with Crippen molar-refractivity contribution >= 4 is 5.82 Å². The van der Waals surface area contributed by atoms with E-state index in [1.54, 1.807) is 18.0 Å². The van der Waals surface area contributed by atoms with E-state index in [0.717, 1.165) is 28.0 Å². The molecule has 0 amide bonds. The summed E-state index contributed by atoms with van der Waals surface area (Å²) in [7, 11) is 3.52. The zero-order chi connectivity index (χ0) is 12.6. The van der Waals surface area contributed by atoms with Crippen LogP contribution in [0.3, 0.4) is 0 Å². The number of aromatic nitrogens is 2. The van der Waals surface area contributed by atoms with E-state index in [9.17, 15) is 0 Å². The van der Waals surface area contributed by atoms with Crippen LogP contribution in [-0.2, 0) is 7.05 Å². The molecule has 0 aliphatic heterocycles. The van der Waals surface area contributed by atoms with Crippen LogP contribution in [-0.4, -0.2) is 16.9 Å². The van der Waals surface area contributed by atoms with Gasteiger partial charge in [-0.1, -0.05) is 12.1 Å². The lowest BCUT2D eigenvalue weighted by atomic mass is 9.99. The minimum atomic E-state index is 0.666. The highest BCUT2D eigenvalue weighted by Crippen LogP contribution is 2.34. The van der Waals surface area contributed by atoms with Gasteiger partial charge in [-0.2, -0.15) is 5.10 Å². The highest BCUT2D eigenvalue weighted by atomic mass is 16.5. The van der Waals surface area contributed by atoms with Gasteiger partial charge in [0, 0.05) is 12.6 Å². The lowest BCUT2D eigenvalue weighted by molar-refractivity contribution is 0.409. The van der Waals surface area contributed by atoms with E-state index in [1.165, 1.54) is 0 Å². The average molecular weight is 231 g/mol. The third kappa shape index (κ3) is 1.75. The third-order valence-corrected chi connectivity index (χ3v) is 3.08. The van der Waals surface area contributed by atoms with Crippen LogP contribution in [0.5, 0.6) is 5.75 Å².